The Kier molecular flexibility index (Phi) is 6.44. The summed E-state index contributed by atoms with van der Waals surface area (Å²) in [6, 6.07) is 12.2. The number of benzene rings is 1. The van der Waals surface area contributed by atoms with Gasteiger partial charge in [0, 0.05) is 31.9 Å². The molecule has 5 nitrogen and oxygen atoms in total. The highest BCUT2D eigenvalue weighted by Crippen LogP contribution is 2.25. The molecule has 0 aromatic heterocycles. The lowest BCUT2D eigenvalue weighted by Gasteiger charge is -2.24. The van der Waals surface area contributed by atoms with Crippen molar-refractivity contribution < 1.29 is 4.79 Å². The molecule has 1 aliphatic rings. The summed E-state index contributed by atoms with van der Waals surface area (Å²) in [5, 5.41) is 17.5. The summed E-state index contributed by atoms with van der Waals surface area (Å²) in [6.45, 7) is 2.86. The number of nitrogens with zero attached hydrogens (tertiary/aromatic N) is 4. The van der Waals surface area contributed by atoms with Crippen molar-refractivity contribution >= 4 is 11.6 Å². The van der Waals surface area contributed by atoms with Crippen LogP contribution in [0, 0.1) is 22.7 Å². The van der Waals surface area contributed by atoms with Crippen LogP contribution in [0.25, 0.3) is 0 Å². The third kappa shape index (κ3) is 4.72. The first-order chi connectivity index (χ1) is 11.3. The molecule has 1 aromatic carbocycles. The van der Waals surface area contributed by atoms with Crippen LogP contribution in [0.15, 0.2) is 24.3 Å². The molecular formula is C18H22N4O. The molecule has 0 spiro atoms. The van der Waals surface area contributed by atoms with Gasteiger partial charge in [-0.1, -0.05) is 18.2 Å². The molecule has 1 heterocycles. The normalized spacial score (nSPS) is 13.4. The Balaban J connectivity index is 2.08. The summed E-state index contributed by atoms with van der Waals surface area (Å²) in [6.07, 6.45) is 3.30. The molecule has 2 rings (SSSR count). The van der Waals surface area contributed by atoms with E-state index in [1.165, 1.54) is 12.8 Å². The first-order valence-electron chi connectivity index (χ1n) is 8.11. The Hall–Kier alpha value is -2.53. The summed E-state index contributed by atoms with van der Waals surface area (Å²) in [5.74, 6) is -0.0119. The molecule has 1 aliphatic heterocycles. The fourth-order valence-corrected chi connectivity index (χ4v) is 2.93. The minimum Gasteiger partial charge on any atom is -0.371 e. The lowest BCUT2D eigenvalue weighted by Crippen LogP contribution is -2.34. The van der Waals surface area contributed by atoms with Crippen LogP contribution in [0.1, 0.15) is 31.2 Å². The van der Waals surface area contributed by atoms with Gasteiger partial charge in [0.2, 0.25) is 5.91 Å². The number of nitriles is 2. The second-order valence-corrected chi connectivity index (χ2v) is 5.70. The van der Waals surface area contributed by atoms with E-state index in [0.29, 0.717) is 32.4 Å². The van der Waals surface area contributed by atoms with E-state index in [9.17, 15) is 4.79 Å². The average molecular weight is 310 g/mol. The van der Waals surface area contributed by atoms with Crippen molar-refractivity contribution in [2.45, 2.75) is 32.1 Å². The zero-order valence-electron chi connectivity index (χ0n) is 13.4. The van der Waals surface area contributed by atoms with Crippen molar-refractivity contribution in [2.75, 3.05) is 31.1 Å². The lowest BCUT2D eigenvalue weighted by molar-refractivity contribution is -0.130. The van der Waals surface area contributed by atoms with Crippen LogP contribution in [0.5, 0.6) is 0 Å². The largest absolute Gasteiger partial charge is 0.371 e. The van der Waals surface area contributed by atoms with Crippen LogP contribution in [0.2, 0.25) is 0 Å². The predicted octanol–water partition coefficient (Wildman–Crippen LogP) is 2.49. The standard InChI is InChI=1S/C18H22N4O/c19-9-5-13-22(14-6-10-20)18(23)15-16-7-1-2-8-17(16)21-11-3-4-12-21/h1-2,7-8H,3-6,11-15H2. The molecule has 0 atom stereocenters. The van der Waals surface area contributed by atoms with Crippen molar-refractivity contribution in [3.8, 4) is 12.1 Å². The molecule has 0 aliphatic carbocycles. The molecule has 1 fully saturated rings. The molecule has 0 unspecified atom stereocenters. The van der Waals surface area contributed by atoms with Gasteiger partial charge in [0.05, 0.1) is 31.4 Å². The SMILES string of the molecule is N#CCCN(CCC#N)C(=O)Cc1ccccc1N1CCCC1. The maximum absolute atomic E-state index is 12.6. The van der Waals surface area contributed by atoms with E-state index >= 15 is 0 Å². The topological polar surface area (TPSA) is 71.1 Å². The van der Waals surface area contributed by atoms with Gasteiger partial charge in [0.15, 0.2) is 0 Å². The highest BCUT2D eigenvalue weighted by atomic mass is 16.2. The number of rotatable bonds is 7. The Morgan fingerprint density at radius 3 is 2.30 bits per heavy atom. The number of hydrogen-bond donors (Lipinski definition) is 0. The number of para-hydroxylation sites is 1. The minimum absolute atomic E-state index is 0.0119. The van der Waals surface area contributed by atoms with Gasteiger partial charge in [0.25, 0.3) is 0 Å². The smallest absolute Gasteiger partial charge is 0.227 e. The highest BCUT2D eigenvalue weighted by molar-refractivity contribution is 5.81. The van der Waals surface area contributed by atoms with Crippen molar-refractivity contribution in [3.63, 3.8) is 0 Å². The van der Waals surface area contributed by atoms with E-state index in [2.05, 4.69) is 23.1 Å². The Bertz CT molecular complexity index is 590. The predicted molar refractivity (Wildman–Crippen MR) is 88.6 cm³/mol. The minimum atomic E-state index is -0.0119. The molecule has 5 heteroatoms. The number of hydrogen-bond acceptors (Lipinski definition) is 4. The zero-order valence-corrected chi connectivity index (χ0v) is 13.4. The van der Waals surface area contributed by atoms with Gasteiger partial charge in [-0.05, 0) is 24.5 Å². The lowest BCUT2D eigenvalue weighted by atomic mass is 10.1. The second-order valence-electron chi connectivity index (χ2n) is 5.70. The van der Waals surface area contributed by atoms with Gasteiger partial charge >= 0.3 is 0 Å². The molecule has 1 amide bonds. The van der Waals surface area contributed by atoms with Crippen molar-refractivity contribution in [2.24, 2.45) is 0 Å². The molecule has 23 heavy (non-hydrogen) atoms. The first-order valence-corrected chi connectivity index (χ1v) is 8.11. The molecule has 0 radical (unpaired) electrons. The Morgan fingerprint density at radius 2 is 1.70 bits per heavy atom. The summed E-state index contributed by atoms with van der Waals surface area (Å²) < 4.78 is 0. The van der Waals surface area contributed by atoms with Crippen LogP contribution in [0.3, 0.4) is 0 Å². The number of carbonyl (C=O) groups excluding carboxylic acids is 1. The van der Waals surface area contributed by atoms with Crippen molar-refractivity contribution in [1.29, 1.82) is 10.5 Å². The highest BCUT2D eigenvalue weighted by Gasteiger charge is 2.19. The first kappa shape index (κ1) is 16.8. The summed E-state index contributed by atoms with van der Waals surface area (Å²) in [7, 11) is 0. The third-order valence-corrected chi connectivity index (χ3v) is 4.12. The van der Waals surface area contributed by atoms with Crippen LogP contribution in [-0.4, -0.2) is 37.0 Å². The van der Waals surface area contributed by atoms with Gasteiger partial charge in [-0.2, -0.15) is 10.5 Å². The van der Waals surface area contributed by atoms with Gasteiger partial charge in [-0.25, -0.2) is 0 Å². The molecular weight excluding hydrogens is 288 g/mol. The van der Waals surface area contributed by atoms with Crippen molar-refractivity contribution in [3.05, 3.63) is 29.8 Å². The van der Waals surface area contributed by atoms with Crippen LogP contribution >= 0.6 is 0 Å². The summed E-state index contributed by atoms with van der Waals surface area (Å²) >= 11 is 0. The molecule has 1 aromatic rings. The van der Waals surface area contributed by atoms with Crippen molar-refractivity contribution in [1.82, 2.24) is 4.90 Å². The number of amides is 1. The fraction of sp³-hybridized carbons (Fsp3) is 0.500. The van der Waals surface area contributed by atoms with Gasteiger partial charge in [0.1, 0.15) is 0 Å². The van der Waals surface area contributed by atoms with E-state index in [1.807, 2.05) is 18.2 Å². The van der Waals surface area contributed by atoms with E-state index < -0.39 is 0 Å². The molecule has 0 bridgehead atoms. The van der Waals surface area contributed by atoms with Crippen LogP contribution in [-0.2, 0) is 11.2 Å². The monoisotopic (exact) mass is 310 g/mol. The van der Waals surface area contributed by atoms with Crippen LogP contribution < -0.4 is 4.90 Å². The molecule has 120 valence electrons. The quantitative estimate of drug-likeness (QED) is 0.775. The van der Waals surface area contributed by atoms with E-state index in [0.717, 1.165) is 24.3 Å². The average Bonchev–Trinajstić information content (AvgIpc) is 3.09. The number of carbonyl (C=O) groups is 1. The number of anilines is 1. The van der Waals surface area contributed by atoms with Gasteiger partial charge in [-0.15, -0.1) is 0 Å². The third-order valence-electron chi connectivity index (χ3n) is 4.12. The molecule has 1 saturated heterocycles. The second kappa shape index (κ2) is 8.80. The zero-order chi connectivity index (χ0) is 16.5. The fourth-order valence-electron chi connectivity index (χ4n) is 2.93. The van der Waals surface area contributed by atoms with E-state index in [-0.39, 0.29) is 5.91 Å². The van der Waals surface area contributed by atoms with E-state index in [1.54, 1.807) is 4.90 Å². The summed E-state index contributed by atoms with van der Waals surface area (Å²) in [5.41, 5.74) is 2.16. The molecule has 0 saturated carbocycles. The van der Waals surface area contributed by atoms with Crippen LogP contribution in [0.4, 0.5) is 5.69 Å². The van der Waals surface area contributed by atoms with Gasteiger partial charge in [-0.3, -0.25) is 4.79 Å². The molecule has 0 N–H and O–H groups in total. The maximum Gasteiger partial charge on any atom is 0.227 e. The Labute approximate surface area is 137 Å². The van der Waals surface area contributed by atoms with Gasteiger partial charge < -0.3 is 9.80 Å². The van der Waals surface area contributed by atoms with E-state index in [4.69, 9.17) is 10.5 Å². The Morgan fingerprint density at radius 1 is 1.09 bits per heavy atom. The maximum atomic E-state index is 12.6. The summed E-state index contributed by atoms with van der Waals surface area (Å²) in [4.78, 5) is 16.5.